The molecule has 3 aromatic rings. The molecule has 0 saturated heterocycles. The van der Waals surface area contributed by atoms with Crippen molar-refractivity contribution in [1.29, 1.82) is 15.8 Å². The van der Waals surface area contributed by atoms with Crippen LogP contribution in [0.15, 0.2) is 101 Å². The fourth-order valence-electron chi connectivity index (χ4n) is 5.42. The molecule has 1 unspecified atom stereocenters. The smallest absolute Gasteiger partial charge is 0.172 e. The summed E-state index contributed by atoms with van der Waals surface area (Å²) in [5.41, 5.74) is 2.55. The van der Waals surface area contributed by atoms with Crippen molar-refractivity contribution in [3.8, 4) is 24.0 Å². The second kappa shape index (κ2) is 16.9. The Labute approximate surface area is 283 Å². The Hall–Kier alpha value is -5.29. The van der Waals surface area contributed by atoms with E-state index in [1.807, 2.05) is 73.7 Å². The number of anilines is 1. The number of nitriles is 3. The van der Waals surface area contributed by atoms with Crippen LogP contribution in [0.3, 0.4) is 0 Å². The maximum atomic E-state index is 10.0. The third kappa shape index (κ3) is 8.30. The summed E-state index contributed by atoms with van der Waals surface area (Å²) in [6.07, 6.45) is 16.5. The van der Waals surface area contributed by atoms with Crippen molar-refractivity contribution in [1.82, 2.24) is 0 Å². The Morgan fingerprint density at radius 3 is 2.15 bits per heavy atom. The summed E-state index contributed by atoms with van der Waals surface area (Å²) < 4.78 is 12.0. The molecule has 0 fully saturated rings. The molecule has 1 aromatic heterocycles. The van der Waals surface area contributed by atoms with Gasteiger partial charge in [-0.25, -0.2) is 0 Å². The van der Waals surface area contributed by atoms with Crippen LogP contribution in [-0.2, 0) is 10.3 Å². The minimum Gasteiger partial charge on any atom is -0.496 e. The van der Waals surface area contributed by atoms with Gasteiger partial charge in [0.1, 0.15) is 29.5 Å². The minimum atomic E-state index is -1.03. The van der Waals surface area contributed by atoms with Crippen LogP contribution >= 0.6 is 11.3 Å². The molecule has 1 aliphatic rings. The number of benzene rings is 2. The highest BCUT2D eigenvalue weighted by atomic mass is 32.1. The number of rotatable bonds is 14. The van der Waals surface area contributed by atoms with E-state index >= 15 is 0 Å². The van der Waals surface area contributed by atoms with Gasteiger partial charge in [-0.2, -0.15) is 15.8 Å². The zero-order valence-corrected chi connectivity index (χ0v) is 28.3. The molecular weight excluding hydrogens is 601 g/mol. The highest BCUT2D eigenvalue weighted by molar-refractivity contribution is 7.13. The van der Waals surface area contributed by atoms with E-state index in [-0.39, 0.29) is 16.9 Å². The van der Waals surface area contributed by atoms with E-state index in [1.165, 1.54) is 31.4 Å². The van der Waals surface area contributed by atoms with Crippen LogP contribution in [0, 0.1) is 34.0 Å². The quantitative estimate of drug-likeness (QED) is 0.129. The van der Waals surface area contributed by atoms with Gasteiger partial charge in [-0.3, -0.25) is 0 Å². The summed E-state index contributed by atoms with van der Waals surface area (Å²) in [5, 5.41) is 29.0. The van der Waals surface area contributed by atoms with E-state index in [0.29, 0.717) is 5.57 Å². The number of methoxy groups -OCH3 is 1. The number of nitrogens with zero attached hydrogens (tertiary/aromatic N) is 4. The van der Waals surface area contributed by atoms with E-state index in [4.69, 9.17) is 9.47 Å². The van der Waals surface area contributed by atoms with Crippen LogP contribution in [0.2, 0.25) is 0 Å². The molecule has 4 rings (SSSR count). The number of hydrogen-bond acceptors (Lipinski definition) is 7. The van der Waals surface area contributed by atoms with Gasteiger partial charge in [0.2, 0.25) is 0 Å². The zero-order valence-electron chi connectivity index (χ0n) is 27.5. The maximum absolute atomic E-state index is 10.0. The van der Waals surface area contributed by atoms with Gasteiger partial charge in [-0.1, -0.05) is 75.2 Å². The largest absolute Gasteiger partial charge is 0.496 e. The van der Waals surface area contributed by atoms with Crippen LogP contribution in [0.1, 0.15) is 67.3 Å². The van der Waals surface area contributed by atoms with Crippen LogP contribution in [0.5, 0.6) is 5.75 Å². The number of allylic oxidation sites excluding steroid dienone is 4. The summed E-state index contributed by atoms with van der Waals surface area (Å²) >= 11 is 1.66. The summed E-state index contributed by atoms with van der Waals surface area (Å²) in [6, 6.07) is 26.0. The molecule has 0 amide bonds. The van der Waals surface area contributed by atoms with Crippen molar-refractivity contribution in [2.45, 2.75) is 52.1 Å². The lowest BCUT2D eigenvalue weighted by atomic mass is 9.86. The van der Waals surface area contributed by atoms with Crippen molar-refractivity contribution in [3.63, 3.8) is 0 Å². The number of ether oxygens (including phenoxy) is 2. The predicted molar refractivity (Wildman–Crippen MR) is 192 cm³/mol. The third-order valence-corrected chi connectivity index (χ3v) is 9.07. The van der Waals surface area contributed by atoms with Crippen molar-refractivity contribution in [3.05, 3.63) is 122 Å². The molecule has 0 bridgehead atoms. The maximum Gasteiger partial charge on any atom is 0.172 e. The number of hydrogen-bond donors (Lipinski definition) is 0. The van der Waals surface area contributed by atoms with Gasteiger partial charge in [-0.15, -0.1) is 11.3 Å². The monoisotopic (exact) mass is 640 g/mol. The second-order valence-electron chi connectivity index (χ2n) is 11.2. The summed E-state index contributed by atoms with van der Waals surface area (Å²) in [6.45, 7) is 8.40. The number of unbranched alkanes of at least 4 members (excludes halogenated alkanes) is 2. The first-order valence-electron chi connectivity index (χ1n) is 15.9. The first-order valence-corrected chi connectivity index (χ1v) is 16.7. The fraction of sp³-hybridized carbons (Fsp3) is 0.275. The van der Waals surface area contributed by atoms with Gasteiger partial charge in [0.05, 0.1) is 7.11 Å². The predicted octanol–water partition coefficient (Wildman–Crippen LogP) is 9.97. The van der Waals surface area contributed by atoms with Gasteiger partial charge < -0.3 is 14.4 Å². The van der Waals surface area contributed by atoms with Gasteiger partial charge in [-0.05, 0) is 67.8 Å². The van der Waals surface area contributed by atoms with Gasteiger partial charge in [0, 0.05) is 45.7 Å². The van der Waals surface area contributed by atoms with Gasteiger partial charge in [0.25, 0.3) is 0 Å². The molecular formula is C40H40N4O2S. The average Bonchev–Trinajstić information content (AvgIpc) is 3.68. The summed E-state index contributed by atoms with van der Waals surface area (Å²) in [7, 11) is 1.72. The Bertz CT molecular complexity index is 1800. The molecule has 2 aromatic carbocycles. The van der Waals surface area contributed by atoms with Crippen LogP contribution < -0.4 is 9.64 Å². The summed E-state index contributed by atoms with van der Waals surface area (Å²) in [5.74, 6) is 0.872. The molecule has 0 saturated carbocycles. The lowest BCUT2D eigenvalue weighted by Gasteiger charge is -2.27. The van der Waals surface area contributed by atoms with Crippen molar-refractivity contribution < 1.29 is 9.47 Å². The molecule has 2 heterocycles. The van der Waals surface area contributed by atoms with E-state index in [9.17, 15) is 15.8 Å². The SMILES string of the molecule is CCCCN(CCCC)c1ccc(/C=C/c2ccc(/C=C/C=C/C3=C(C#N)C(=C(C#N)C#N)OC3(C)c3ccccc3)s2)c(OC)c1. The van der Waals surface area contributed by atoms with Gasteiger partial charge in [0.15, 0.2) is 16.9 Å². The molecule has 6 nitrogen and oxygen atoms in total. The van der Waals surface area contributed by atoms with E-state index in [2.05, 4.69) is 67.3 Å². The molecule has 7 heteroatoms. The van der Waals surface area contributed by atoms with Crippen LogP contribution in [0.4, 0.5) is 5.69 Å². The summed E-state index contributed by atoms with van der Waals surface area (Å²) in [4.78, 5) is 4.64. The molecule has 47 heavy (non-hydrogen) atoms. The standard InChI is InChI=1S/C40H40N4O2S/c1-5-7-24-44(25-8-6-2)33-20-18-30(38(26-33)45-4)19-21-35-23-22-34(47-35)16-12-13-17-37-36(29-43)39(31(27-41)28-42)46-40(37,3)32-14-10-9-11-15-32/h9-23,26H,5-8,24-25H2,1-4H3/b16-12+,17-13+,21-19+. The Balaban J connectivity index is 1.53. The normalized spacial score (nSPS) is 16.0. The second-order valence-corrected chi connectivity index (χ2v) is 12.4. The van der Waals surface area contributed by atoms with Crippen LogP contribution in [-0.4, -0.2) is 20.2 Å². The first kappa shape index (κ1) is 34.6. The van der Waals surface area contributed by atoms with E-state index in [0.717, 1.165) is 39.7 Å². The Morgan fingerprint density at radius 1 is 0.872 bits per heavy atom. The molecule has 0 radical (unpaired) electrons. The van der Waals surface area contributed by atoms with Crippen molar-refractivity contribution >= 4 is 35.3 Å². The first-order chi connectivity index (χ1) is 22.9. The van der Waals surface area contributed by atoms with Gasteiger partial charge >= 0.3 is 0 Å². The average molecular weight is 641 g/mol. The molecule has 1 atom stereocenters. The highest BCUT2D eigenvalue weighted by Crippen LogP contribution is 2.46. The molecule has 0 spiro atoms. The van der Waals surface area contributed by atoms with Crippen molar-refractivity contribution in [2.75, 3.05) is 25.1 Å². The zero-order chi connectivity index (χ0) is 33.6. The minimum absolute atomic E-state index is 0.0127. The lowest BCUT2D eigenvalue weighted by molar-refractivity contribution is 0.0755. The third-order valence-electron chi connectivity index (χ3n) is 8.06. The highest BCUT2D eigenvalue weighted by Gasteiger charge is 2.43. The van der Waals surface area contributed by atoms with Crippen molar-refractivity contribution in [2.24, 2.45) is 0 Å². The molecule has 238 valence electrons. The Kier molecular flexibility index (Phi) is 12.4. The molecule has 0 N–H and O–H groups in total. The van der Waals surface area contributed by atoms with E-state index < -0.39 is 5.60 Å². The van der Waals surface area contributed by atoms with E-state index in [1.54, 1.807) is 18.4 Å². The molecule has 1 aliphatic heterocycles. The topological polar surface area (TPSA) is 93.1 Å². The fourth-order valence-corrected chi connectivity index (χ4v) is 6.25. The Morgan fingerprint density at radius 2 is 1.53 bits per heavy atom. The lowest BCUT2D eigenvalue weighted by Crippen LogP contribution is -2.25. The molecule has 0 aliphatic carbocycles. The number of thiophene rings is 1. The van der Waals surface area contributed by atoms with Crippen LogP contribution in [0.25, 0.3) is 18.2 Å².